The van der Waals surface area contributed by atoms with E-state index in [2.05, 4.69) is 15.3 Å². The van der Waals surface area contributed by atoms with E-state index in [0.29, 0.717) is 16.9 Å². The number of nitrogens with zero attached hydrogens (tertiary/aromatic N) is 3. The molecule has 0 fully saturated rings. The molecule has 0 aliphatic carbocycles. The molecular weight excluding hydrogens is 456 g/mol. The molecule has 2 aromatic heterocycles. The number of sulfonamides is 1. The maximum Gasteiger partial charge on any atom is 0.265 e. The van der Waals surface area contributed by atoms with Gasteiger partial charge in [0.05, 0.1) is 20.8 Å². The largest absolute Gasteiger partial charge is 0.309 e. The third-order valence-electron chi connectivity index (χ3n) is 5.54. The molecule has 0 bridgehead atoms. The van der Waals surface area contributed by atoms with Crippen LogP contribution in [0.4, 0.5) is 11.5 Å². The maximum absolute atomic E-state index is 13.1. The monoisotopic (exact) mass is 472 g/mol. The summed E-state index contributed by atoms with van der Waals surface area (Å²) in [6.45, 7) is -0.336. The van der Waals surface area contributed by atoms with E-state index in [0.717, 1.165) is 30.5 Å². The van der Waals surface area contributed by atoms with Gasteiger partial charge < -0.3 is 5.32 Å². The van der Waals surface area contributed by atoms with Crippen molar-refractivity contribution in [3.8, 4) is 10.6 Å². The molecule has 3 heterocycles. The number of pyridine rings is 1. The fourth-order valence-corrected chi connectivity index (χ4v) is 6.65. The molecule has 0 unspecified atom stereocenters. The molecule has 5 aromatic rings. The summed E-state index contributed by atoms with van der Waals surface area (Å²) in [5.74, 6) is -0.124. The molecule has 3 aromatic carbocycles. The zero-order chi connectivity index (χ0) is 22.6. The van der Waals surface area contributed by atoms with Gasteiger partial charge in [-0.1, -0.05) is 36.4 Å². The van der Waals surface area contributed by atoms with Crippen molar-refractivity contribution < 1.29 is 13.2 Å². The lowest BCUT2D eigenvalue weighted by Gasteiger charge is -2.18. The minimum absolute atomic E-state index is 0.224. The average Bonchev–Trinajstić information content (AvgIpc) is 3.34. The summed E-state index contributed by atoms with van der Waals surface area (Å²) in [6, 6.07) is 21.9. The number of aromatic nitrogens is 2. The number of anilines is 2. The van der Waals surface area contributed by atoms with Crippen molar-refractivity contribution in [3.05, 3.63) is 79.0 Å². The normalized spacial score (nSPS) is 14.1. The van der Waals surface area contributed by atoms with E-state index in [-0.39, 0.29) is 11.4 Å². The number of carbonyl (C=O) groups is 1. The Balaban J connectivity index is 1.22. The Morgan fingerprint density at radius 3 is 2.58 bits per heavy atom. The molecule has 33 heavy (non-hydrogen) atoms. The summed E-state index contributed by atoms with van der Waals surface area (Å²) in [7, 11) is -3.80. The van der Waals surface area contributed by atoms with Gasteiger partial charge >= 0.3 is 0 Å². The number of nitrogens with one attached hydrogen (secondary N) is 1. The highest BCUT2D eigenvalue weighted by Gasteiger charge is 2.36. The predicted octanol–water partition coefficient (Wildman–Crippen LogP) is 4.66. The first-order chi connectivity index (χ1) is 16.0. The number of hydrogen-bond acceptors (Lipinski definition) is 6. The quantitative estimate of drug-likeness (QED) is 0.411. The van der Waals surface area contributed by atoms with Crippen LogP contribution in [0.1, 0.15) is 0 Å². The topological polar surface area (TPSA) is 92.3 Å². The van der Waals surface area contributed by atoms with Crippen LogP contribution < -0.4 is 9.62 Å². The minimum Gasteiger partial charge on any atom is -0.309 e. The number of rotatable bonds is 4. The van der Waals surface area contributed by atoms with Gasteiger partial charge in [-0.05, 0) is 41.8 Å². The number of hydrogen-bond donors (Lipinski definition) is 1. The van der Waals surface area contributed by atoms with Crippen LogP contribution >= 0.6 is 11.3 Å². The second-order valence-electron chi connectivity index (χ2n) is 7.61. The van der Waals surface area contributed by atoms with Gasteiger partial charge in [-0.3, -0.25) is 9.10 Å². The number of para-hydroxylation sites is 1. The summed E-state index contributed by atoms with van der Waals surface area (Å²) in [4.78, 5) is 21.9. The smallest absolute Gasteiger partial charge is 0.265 e. The number of fused-ring (bicyclic) bond motifs is 1. The lowest BCUT2D eigenvalue weighted by Crippen LogP contribution is -2.35. The predicted molar refractivity (Wildman–Crippen MR) is 130 cm³/mol. The molecule has 0 saturated heterocycles. The van der Waals surface area contributed by atoms with Crippen LogP contribution in [0.2, 0.25) is 0 Å². The molecule has 6 rings (SSSR count). The van der Waals surface area contributed by atoms with Gasteiger partial charge in [0.15, 0.2) is 0 Å². The van der Waals surface area contributed by atoms with Crippen molar-refractivity contribution in [2.24, 2.45) is 0 Å². The van der Waals surface area contributed by atoms with E-state index < -0.39 is 15.9 Å². The van der Waals surface area contributed by atoms with Crippen molar-refractivity contribution in [3.63, 3.8) is 0 Å². The summed E-state index contributed by atoms with van der Waals surface area (Å²) < 4.78 is 28.3. The first-order valence-corrected chi connectivity index (χ1v) is 12.4. The molecule has 0 spiro atoms. The molecule has 0 atom stereocenters. The Morgan fingerprint density at radius 2 is 1.79 bits per heavy atom. The van der Waals surface area contributed by atoms with Gasteiger partial charge in [-0.25, -0.2) is 18.4 Å². The van der Waals surface area contributed by atoms with Crippen molar-refractivity contribution in [1.82, 2.24) is 9.97 Å². The standard InChI is InChI=1S/C24H16N4O3S2/c29-22(14-28-18-8-3-5-15-6-4-10-20(23(15)18)33(28,30)31)27-21-12-11-16(13-25-21)24-26-17-7-1-2-9-19(17)32-24/h1-13H,14H2,(H,25,27,29). The van der Waals surface area contributed by atoms with Crippen LogP contribution in [0.3, 0.4) is 0 Å². The average molecular weight is 473 g/mol. The molecule has 1 N–H and O–H groups in total. The molecule has 0 saturated carbocycles. The lowest BCUT2D eigenvalue weighted by molar-refractivity contribution is -0.114. The van der Waals surface area contributed by atoms with Gasteiger partial charge in [-0.2, -0.15) is 0 Å². The maximum atomic E-state index is 13.1. The lowest BCUT2D eigenvalue weighted by atomic mass is 10.1. The van der Waals surface area contributed by atoms with E-state index in [9.17, 15) is 13.2 Å². The van der Waals surface area contributed by atoms with Crippen LogP contribution in [0.25, 0.3) is 31.6 Å². The van der Waals surface area contributed by atoms with Crippen LogP contribution in [0.15, 0.2) is 83.9 Å². The highest BCUT2D eigenvalue weighted by atomic mass is 32.2. The summed E-state index contributed by atoms with van der Waals surface area (Å²) in [5.41, 5.74) is 2.29. The number of amides is 1. The zero-order valence-corrected chi connectivity index (χ0v) is 18.7. The Bertz CT molecular complexity index is 1620. The summed E-state index contributed by atoms with van der Waals surface area (Å²) in [5, 5.41) is 5.01. The molecule has 1 aliphatic heterocycles. The molecule has 1 amide bonds. The van der Waals surface area contributed by atoms with E-state index >= 15 is 0 Å². The SMILES string of the molecule is O=C(CN1c2cccc3cccc(c23)S1(=O)=O)Nc1ccc(-c2nc3ccccc3s2)cn1. The molecule has 162 valence electrons. The second kappa shape index (κ2) is 7.36. The van der Waals surface area contributed by atoms with E-state index in [1.165, 1.54) is 0 Å². The van der Waals surface area contributed by atoms with Crippen molar-refractivity contribution in [2.45, 2.75) is 4.90 Å². The van der Waals surface area contributed by atoms with E-state index in [1.54, 1.807) is 47.9 Å². The summed E-state index contributed by atoms with van der Waals surface area (Å²) >= 11 is 1.57. The molecule has 7 nitrogen and oxygen atoms in total. The van der Waals surface area contributed by atoms with Crippen LogP contribution in [-0.4, -0.2) is 30.8 Å². The van der Waals surface area contributed by atoms with E-state index in [4.69, 9.17) is 0 Å². The van der Waals surface area contributed by atoms with Crippen molar-refractivity contribution >= 4 is 59.8 Å². The fraction of sp³-hybridized carbons (Fsp3) is 0.0417. The number of carbonyl (C=O) groups excluding carboxylic acids is 1. The Hall–Kier alpha value is -3.82. The molecule has 1 aliphatic rings. The Morgan fingerprint density at radius 1 is 0.970 bits per heavy atom. The Labute approximate surface area is 193 Å². The summed E-state index contributed by atoms with van der Waals surface area (Å²) in [6.07, 6.45) is 1.65. The second-order valence-corrected chi connectivity index (χ2v) is 10.5. The highest BCUT2D eigenvalue weighted by molar-refractivity contribution is 7.93. The Kier molecular flexibility index (Phi) is 4.42. The van der Waals surface area contributed by atoms with Gasteiger partial charge in [-0.15, -0.1) is 11.3 Å². The van der Waals surface area contributed by atoms with Gasteiger partial charge in [0, 0.05) is 17.1 Å². The first-order valence-electron chi connectivity index (χ1n) is 10.2. The van der Waals surface area contributed by atoms with Crippen molar-refractivity contribution in [2.75, 3.05) is 16.2 Å². The number of benzene rings is 3. The van der Waals surface area contributed by atoms with Gasteiger partial charge in [0.25, 0.3) is 10.0 Å². The number of thiazole rings is 1. The zero-order valence-electron chi connectivity index (χ0n) is 17.1. The first kappa shape index (κ1) is 19.8. The van der Waals surface area contributed by atoms with E-state index in [1.807, 2.05) is 42.5 Å². The van der Waals surface area contributed by atoms with Crippen molar-refractivity contribution in [1.29, 1.82) is 0 Å². The van der Waals surface area contributed by atoms with Crippen LogP contribution in [0, 0.1) is 0 Å². The van der Waals surface area contributed by atoms with Gasteiger partial charge in [0.1, 0.15) is 17.4 Å². The third kappa shape index (κ3) is 3.24. The van der Waals surface area contributed by atoms with Gasteiger partial charge in [0.2, 0.25) is 5.91 Å². The fourth-order valence-electron chi connectivity index (χ4n) is 4.03. The minimum atomic E-state index is -3.80. The van der Waals surface area contributed by atoms with Crippen LogP contribution in [-0.2, 0) is 14.8 Å². The molecular formula is C24H16N4O3S2. The molecule has 9 heteroatoms. The van der Waals surface area contributed by atoms with Crippen LogP contribution in [0.5, 0.6) is 0 Å². The highest BCUT2D eigenvalue weighted by Crippen LogP contribution is 2.41. The third-order valence-corrected chi connectivity index (χ3v) is 8.43. The molecule has 0 radical (unpaired) electrons.